The average molecular weight is 374 g/mol. The number of halogens is 1. The van der Waals surface area contributed by atoms with Gasteiger partial charge in [-0.15, -0.1) is 11.3 Å². The van der Waals surface area contributed by atoms with Crippen LogP contribution in [-0.4, -0.2) is 18.5 Å². The van der Waals surface area contributed by atoms with Crippen LogP contribution in [0.2, 0.25) is 4.34 Å². The number of esters is 1. The summed E-state index contributed by atoms with van der Waals surface area (Å²) < 4.78 is 5.53. The number of fused-ring (bicyclic) bond motifs is 1. The van der Waals surface area contributed by atoms with E-state index in [0.717, 1.165) is 27.7 Å². The minimum atomic E-state index is -0.551. The number of hydrogen-bond donors (Lipinski definition) is 1. The van der Waals surface area contributed by atoms with Gasteiger partial charge in [0.1, 0.15) is 4.88 Å². The molecule has 0 saturated heterocycles. The molecular formula is C19H16ClNO3S. The standard InChI is InChI=1S/C19H16ClNO3S/c1-12(14-8-4-6-13-5-2-3-7-15(13)14)21-18(22)11-24-19(23)16-9-10-17(20)25-16/h2-10,12H,11H2,1H3,(H,21,22)/t12-/m0/s1. The molecule has 0 saturated carbocycles. The molecule has 2 aromatic carbocycles. The number of amides is 1. The molecule has 25 heavy (non-hydrogen) atoms. The minimum Gasteiger partial charge on any atom is -0.451 e. The summed E-state index contributed by atoms with van der Waals surface area (Å²) in [7, 11) is 0. The number of rotatable bonds is 5. The second-order valence-corrected chi connectivity index (χ2v) is 7.25. The number of carbonyl (C=O) groups excluding carboxylic acids is 2. The Morgan fingerprint density at radius 2 is 1.88 bits per heavy atom. The van der Waals surface area contributed by atoms with E-state index in [9.17, 15) is 9.59 Å². The van der Waals surface area contributed by atoms with Crippen molar-refractivity contribution in [2.24, 2.45) is 0 Å². The van der Waals surface area contributed by atoms with Gasteiger partial charge < -0.3 is 10.1 Å². The molecule has 1 aromatic heterocycles. The second-order valence-electron chi connectivity index (χ2n) is 5.54. The highest BCUT2D eigenvalue weighted by Crippen LogP contribution is 2.24. The van der Waals surface area contributed by atoms with Gasteiger partial charge in [0.25, 0.3) is 5.91 Å². The van der Waals surface area contributed by atoms with Crippen LogP contribution in [0.4, 0.5) is 0 Å². The second kappa shape index (κ2) is 7.68. The monoisotopic (exact) mass is 373 g/mol. The molecular weight excluding hydrogens is 358 g/mol. The van der Waals surface area contributed by atoms with E-state index >= 15 is 0 Å². The molecule has 1 atom stereocenters. The fourth-order valence-electron chi connectivity index (χ4n) is 2.62. The minimum absolute atomic E-state index is 0.200. The van der Waals surface area contributed by atoms with Crippen molar-refractivity contribution in [3.8, 4) is 0 Å². The van der Waals surface area contributed by atoms with Crippen molar-refractivity contribution in [1.29, 1.82) is 0 Å². The lowest BCUT2D eigenvalue weighted by Gasteiger charge is -2.16. The van der Waals surface area contributed by atoms with Gasteiger partial charge in [0.05, 0.1) is 10.4 Å². The van der Waals surface area contributed by atoms with E-state index in [1.165, 1.54) is 0 Å². The van der Waals surface area contributed by atoms with Gasteiger partial charge in [-0.05, 0) is 35.4 Å². The first kappa shape index (κ1) is 17.5. The zero-order chi connectivity index (χ0) is 17.8. The van der Waals surface area contributed by atoms with Crippen molar-refractivity contribution in [3.05, 3.63) is 69.4 Å². The summed E-state index contributed by atoms with van der Waals surface area (Å²) in [6.45, 7) is 1.57. The lowest BCUT2D eigenvalue weighted by Crippen LogP contribution is -2.31. The van der Waals surface area contributed by atoms with Gasteiger partial charge in [0, 0.05) is 0 Å². The van der Waals surface area contributed by atoms with E-state index in [1.807, 2.05) is 49.4 Å². The van der Waals surface area contributed by atoms with Crippen LogP contribution in [0.5, 0.6) is 0 Å². The summed E-state index contributed by atoms with van der Waals surface area (Å²) in [5, 5.41) is 5.06. The molecule has 128 valence electrons. The molecule has 1 N–H and O–H groups in total. The molecule has 0 radical (unpaired) electrons. The van der Waals surface area contributed by atoms with Crippen LogP contribution in [-0.2, 0) is 9.53 Å². The van der Waals surface area contributed by atoms with Crippen molar-refractivity contribution < 1.29 is 14.3 Å². The molecule has 0 aliphatic heterocycles. The number of ether oxygens (including phenoxy) is 1. The number of hydrogen-bond acceptors (Lipinski definition) is 4. The third-order valence-corrected chi connectivity index (χ3v) is 4.99. The highest BCUT2D eigenvalue weighted by Gasteiger charge is 2.15. The van der Waals surface area contributed by atoms with Crippen LogP contribution in [0.1, 0.15) is 28.2 Å². The smallest absolute Gasteiger partial charge is 0.348 e. The van der Waals surface area contributed by atoms with Gasteiger partial charge in [-0.1, -0.05) is 54.1 Å². The fourth-order valence-corrected chi connectivity index (χ4v) is 3.55. The quantitative estimate of drug-likeness (QED) is 0.665. The van der Waals surface area contributed by atoms with Gasteiger partial charge in [0.15, 0.2) is 6.61 Å². The Morgan fingerprint density at radius 3 is 2.64 bits per heavy atom. The van der Waals surface area contributed by atoms with Gasteiger partial charge >= 0.3 is 5.97 Å². The number of thiophene rings is 1. The van der Waals surface area contributed by atoms with Crippen molar-refractivity contribution in [3.63, 3.8) is 0 Å². The normalized spacial score (nSPS) is 11.9. The Labute approximate surface area is 154 Å². The van der Waals surface area contributed by atoms with Crippen LogP contribution in [0.25, 0.3) is 10.8 Å². The largest absolute Gasteiger partial charge is 0.451 e. The molecule has 0 aliphatic rings. The van der Waals surface area contributed by atoms with Gasteiger partial charge in [-0.3, -0.25) is 4.79 Å². The predicted molar refractivity (Wildman–Crippen MR) is 100 cm³/mol. The highest BCUT2D eigenvalue weighted by atomic mass is 35.5. The number of nitrogens with one attached hydrogen (secondary N) is 1. The van der Waals surface area contributed by atoms with Crippen LogP contribution in [0.3, 0.4) is 0 Å². The summed E-state index contributed by atoms with van der Waals surface area (Å²) in [4.78, 5) is 24.3. The van der Waals surface area contributed by atoms with Gasteiger partial charge in [0.2, 0.25) is 0 Å². The highest BCUT2D eigenvalue weighted by molar-refractivity contribution is 7.17. The fraction of sp³-hybridized carbons (Fsp3) is 0.158. The molecule has 0 bridgehead atoms. The van der Waals surface area contributed by atoms with Crippen LogP contribution >= 0.6 is 22.9 Å². The van der Waals surface area contributed by atoms with E-state index in [-0.39, 0.29) is 18.6 Å². The Morgan fingerprint density at radius 1 is 1.12 bits per heavy atom. The van der Waals surface area contributed by atoms with E-state index < -0.39 is 5.97 Å². The summed E-state index contributed by atoms with van der Waals surface area (Å²) in [6.07, 6.45) is 0. The molecule has 4 nitrogen and oxygen atoms in total. The molecule has 3 rings (SSSR count). The van der Waals surface area contributed by atoms with Crippen molar-refractivity contribution in [1.82, 2.24) is 5.32 Å². The maximum Gasteiger partial charge on any atom is 0.348 e. The third kappa shape index (κ3) is 4.18. The number of carbonyl (C=O) groups is 2. The first-order chi connectivity index (χ1) is 12.0. The van der Waals surface area contributed by atoms with E-state index in [4.69, 9.17) is 16.3 Å². The Hall–Kier alpha value is -2.37. The summed E-state index contributed by atoms with van der Waals surface area (Å²) in [6, 6.07) is 17.0. The average Bonchev–Trinajstić information content (AvgIpc) is 3.05. The van der Waals surface area contributed by atoms with Crippen LogP contribution in [0.15, 0.2) is 54.6 Å². The molecule has 0 spiro atoms. The summed E-state index contributed by atoms with van der Waals surface area (Å²) in [5.74, 6) is -0.902. The van der Waals surface area contributed by atoms with Gasteiger partial charge in [-0.25, -0.2) is 4.79 Å². The predicted octanol–water partition coefficient (Wildman–Crippen LogP) is 4.59. The Bertz CT molecular complexity index is 916. The SMILES string of the molecule is C[C@H](NC(=O)COC(=O)c1ccc(Cl)s1)c1cccc2ccccc12. The van der Waals surface area contributed by atoms with Crippen molar-refractivity contribution >= 4 is 45.6 Å². The molecule has 1 heterocycles. The van der Waals surface area contributed by atoms with Gasteiger partial charge in [-0.2, -0.15) is 0 Å². The maximum absolute atomic E-state index is 12.1. The molecule has 0 fully saturated rings. The van der Waals surface area contributed by atoms with E-state index in [1.54, 1.807) is 12.1 Å². The zero-order valence-electron chi connectivity index (χ0n) is 13.5. The van der Waals surface area contributed by atoms with Crippen molar-refractivity contribution in [2.75, 3.05) is 6.61 Å². The molecule has 1 amide bonds. The number of benzene rings is 2. The summed E-state index contributed by atoms with van der Waals surface area (Å²) >= 11 is 6.90. The Kier molecular flexibility index (Phi) is 5.36. The third-order valence-electron chi connectivity index (χ3n) is 3.78. The Balaban J connectivity index is 1.61. The van der Waals surface area contributed by atoms with E-state index in [0.29, 0.717) is 9.21 Å². The lowest BCUT2D eigenvalue weighted by molar-refractivity contribution is -0.124. The zero-order valence-corrected chi connectivity index (χ0v) is 15.1. The lowest BCUT2D eigenvalue weighted by atomic mass is 10.00. The van der Waals surface area contributed by atoms with E-state index in [2.05, 4.69) is 5.32 Å². The molecule has 0 aliphatic carbocycles. The molecule has 0 unspecified atom stereocenters. The maximum atomic E-state index is 12.1. The van der Waals surface area contributed by atoms with Crippen molar-refractivity contribution in [2.45, 2.75) is 13.0 Å². The molecule has 3 aromatic rings. The van der Waals surface area contributed by atoms with Crippen LogP contribution in [0, 0.1) is 0 Å². The topological polar surface area (TPSA) is 55.4 Å². The first-order valence-electron chi connectivity index (χ1n) is 7.74. The van der Waals surface area contributed by atoms with Crippen LogP contribution < -0.4 is 5.32 Å². The summed E-state index contributed by atoms with van der Waals surface area (Å²) in [5.41, 5.74) is 1.02. The molecule has 6 heteroatoms. The first-order valence-corrected chi connectivity index (χ1v) is 8.93.